The molecule has 1 atom stereocenters. The first-order valence-corrected chi connectivity index (χ1v) is 7.04. The predicted octanol–water partition coefficient (Wildman–Crippen LogP) is 3.06. The Bertz CT molecular complexity index is 495. The van der Waals surface area contributed by atoms with Gasteiger partial charge < -0.3 is 20.1 Å². The van der Waals surface area contributed by atoms with Crippen molar-refractivity contribution in [2.45, 2.75) is 51.4 Å². The van der Waals surface area contributed by atoms with E-state index in [-0.39, 0.29) is 17.3 Å². The van der Waals surface area contributed by atoms with Gasteiger partial charge in [0, 0.05) is 32.3 Å². The topological polar surface area (TPSA) is 47.7 Å². The third kappa shape index (κ3) is 3.01. The van der Waals surface area contributed by atoms with Crippen molar-refractivity contribution in [3.05, 3.63) is 18.2 Å². The third-order valence-corrected chi connectivity index (χ3v) is 3.77. The molecule has 0 radical (unpaired) electrons. The molecule has 0 amide bonds. The molecule has 0 aromatic heterocycles. The van der Waals surface area contributed by atoms with Gasteiger partial charge in [-0.15, -0.1) is 0 Å². The average molecular weight is 278 g/mol. The summed E-state index contributed by atoms with van der Waals surface area (Å²) in [5.41, 5.74) is 7.30. The lowest BCUT2D eigenvalue weighted by Gasteiger charge is -2.28. The van der Waals surface area contributed by atoms with Gasteiger partial charge in [0.05, 0.1) is 11.3 Å². The summed E-state index contributed by atoms with van der Waals surface area (Å²) in [5.74, 6) is 0.732. The van der Waals surface area contributed by atoms with Crippen LogP contribution in [0.2, 0.25) is 0 Å². The van der Waals surface area contributed by atoms with Gasteiger partial charge in [-0.25, -0.2) is 0 Å². The Morgan fingerprint density at radius 1 is 1.25 bits per heavy atom. The highest BCUT2D eigenvalue weighted by Crippen LogP contribution is 2.40. The highest BCUT2D eigenvalue weighted by atomic mass is 16.6. The summed E-state index contributed by atoms with van der Waals surface area (Å²) in [5, 5.41) is 0. The number of nitrogens with two attached hydrogens (primary N) is 1. The zero-order chi connectivity index (χ0) is 15.1. The lowest BCUT2D eigenvalue weighted by molar-refractivity contribution is -0.0845. The number of nitrogens with zero attached hydrogens (tertiary/aromatic N) is 1. The highest BCUT2D eigenvalue weighted by Gasteiger charge is 2.47. The molecule has 1 heterocycles. The molecule has 20 heavy (non-hydrogen) atoms. The van der Waals surface area contributed by atoms with Crippen LogP contribution < -0.4 is 15.4 Å². The van der Waals surface area contributed by atoms with Crippen molar-refractivity contribution in [1.82, 2.24) is 0 Å². The van der Waals surface area contributed by atoms with Gasteiger partial charge in [0.2, 0.25) is 0 Å². The molecule has 2 N–H and O–H groups in total. The smallest absolute Gasteiger partial charge is 0.144 e. The van der Waals surface area contributed by atoms with Crippen LogP contribution in [-0.2, 0) is 4.74 Å². The number of hydrogen-bond donors (Lipinski definition) is 1. The fourth-order valence-corrected chi connectivity index (χ4v) is 2.75. The van der Waals surface area contributed by atoms with Crippen LogP contribution in [0, 0.1) is 0 Å². The van der Waals surface area contributed by atoms with E-state index in [0.717, 1.165) is 17.9 Å². The Balaban J connectivity index is 2.24. The first kappa shape index (κ1) is 15.0. The van der Waals surface area contributed by atoms with E-state index in [1.54, 1.807) is 0 Å². The van der Waals surface area contributed by atoms with E-state index in [4.69, 9.17) is 15.2 Å². The van der Waals surface area contributed by atoms with Crippen molar-refractivity contribution in [2.24, 2.45) is 0 Å². The second-order valence-electron chi connectivity index (χ2n) is 6.89. The van der Waals surface area contributed by atoms with Crippen LogP contribution in [0.4, 0.5) is 11.4 Å². The normalized spacial score (nSPS) is 23.6. The summed E-state index contributed by atoms with van der Waals surface area (Å²) in [6.07, 6.45) is 0.850. The van der Waals surface area contributed by atoms with Crippen LogP contribution in [0.5, 0.6) is 5.75 Å². The minimum absolute atomic E-state index is 0.00258. The molecule has 1 fully saturated rings. The maximum Gasteiger partial charge on any atom is 0.144 e. The number of benzene rings is 1. The maximum atomic E-state index is 6.17. The van der Waals surface area contributed by atoms with Gasteiger partial charge in [-0.2, -0.15) is 0 Å². The van der Waals surface area contributed by atoms with E-state index < -0.39 is 0 Å². The molecule has 0 spiro atoms. The van der Waals surface area contributed by atoms with Crippen molar-refractivity contribution in [3.63, 3.8) is 0 Å². The fraction of sp³-hybridized carbons (Fsp3) is 0.625. The number of rotatable bonds is 3. The van der Waals surface area contributed by atoms with Crippen LogP contribution in [0.15, 0.2) is 18.2 Å². The summed E-state index contributed by atoms with van der Waals surface area (Å²) in [7, 11) is 4.00. The molecule has 1 aromatic carbocycles. The summed E-state index contributed by atoms with van der Waals surface area (Å²) >= 11 is 0. The number of anilines is 2. The zero-order valence-electron chi connectivity index (χ0n) is 13.4. The molecule has 1 aliphatic heterocycles. The Labute approximate surface area is 121 Å². The summed E-state index contributed by atoms with van der Waals surface area (Å²) in [6, 6.07) is 5.86. The van der Waals surface area contributed by atoms with Crippen LogP contribution in [-0.4, -0.2) is 31.4 Å². The van der Waals surface area contributed by atoms with Crippen molar-refractivity contribution >= 4 is 11.4 Å². The summed E-state index contributed by atoms with van der Waals surface area (Å²) < 4.78 is 12.2. The zero-order valence-corrected chi connectivity index (χ0v) is 13.4. The molecule has 1 saturated heterocycles. The summed E-state index contributed by atoms with van der Waals surface area (Å²) in [4.78, 5) is 2.03. The van der Waals surface area contributed by atoms with Gasteiger partial charge in [-0.05, 0) is 39.8 Å². The Hall–Kier alpha value is -1.42. The summed E-state index contributed by atoms with van der Waals surface area (Å²) in [6.45, 7) is 8.33. The standard InChI is InChI=1S/C16H26N2O2/c1-15(2)10-14(16(3,4)20-15)19-13-9-11(18(5)6)7-8-12(13)17/h7-9,14H,10,17H2,1-6H3. The second-order valence-corrected chi connectivity index (χ2v) is 6.89. The van der Waals surface area contributed by atoms with E-state index in [2.05, 4.69) is 27.7 Å². The van der Waals surface area contributed by atoms with Crippen molar-refractivity contribution in [1.29, 1.82) is 0 Å². The van der Waals surface area contributed by atoms with E-state index >= 15 is 0 Å². The molecule has 0 aliphatic carbocycles. The van der Waals surface area contributed by atoms with Crippen molar-refractivity contribution in [2.75, 3.05) is 24.7 Å². The first-order valence-electron chi connectivity index (χ1n) is 7.04. The molecule has 1 aliphatic rings. The molecule has 1 unspecified atom stereocenters. The average Bonchev–Trinajstić information content (AvgIpc) is 2.49. The van der Waals surface area contributed by atoms with E-state index in [9.17, 15) is 0 Å². The van der Waals surface area contributed by atoms with E-state index in [1.165, 1.54) is 0 Å². The molecular weight excluding hydrogens is 252 g/mol. The molecule has 0 saturated carbocycles. The number of ether oxygens (including phenoxy) is 2. The first-order chi connectivity index (χ1) is 9.11. The number of hydrogen-bond acceptors (Lipinski definition) is 4. The van der Waals surface area contributed by atoms with Gasteiger partial charge in [0.15, 0.2) is 0 Å². The van der Waals surface area contributed by atoms with Crippen LogP contribution in [0.25, 0.3) is 0 Å². The van der Waals surface area contributed by atoms with E-state index in [0.29, 0.717) is 5.69 Å². The van der Waals surface area contributed by atoms with Gasteiger partial charge >= 0.3 is 0 Å². The van der Waals surface area contributed by atoms with Crippen LogP contribution in [0.3, 0.4) is 0 Å². The van der Waals surface area contributed by atoms with Gasteiger partial charge in [0.25, 0.3) is 0 Å². The van der Waals surface area contributed by atoms with Gasteiger partial charge in [-0.1, -0.05) is 0 Å². The van der Waals surface area contributed by atoms with Gasteiger partial charge in [-0.3, -0.25) is 0 Å². The fourth-order valence-electron chi connectivity index (χ4n) is 2.75. The molecular formula is C16H26N2O2. The Morgan fingerprint density at radius 2 is 1.90 bits per heavy atom. The monoisotopic (exact) mass is 278 g/mol. The Kier molecular flexibility index (Phi) is 3.63. The molecule has 2 rings (SSSR count). The molecule has 0 bridgehead atoms. The third-order valence-electron chi connectivity index (χ3n) is 3.77. The molecule has 4 nitrogen and oxygen atoms in total. The second kappa shape index (κ2) is 4.85. The lowest BCUT2D eigenvalue weighted by Crippen LogP contribution is -2.36. The highest BCUT2D eigenvalue weighted by molar-refractivity contribution is 5.62. The quantitative estimate of drug-likeness (QED) is 0.863. The molecule has 1 aromatic rings. The van der Waals surface area contributed by atoms with Crippen molar-refractivity contribution in [3.8, 4) is 5.75 Å². The molecule has 112 valence electrons. The van der Waals surface area contributed by atoms with Crippen LogP contribution >= 0.6 is 0 Å². The minimum Gasteiger partial charge on any atom is -0.485 e. The largest absolute Gasteiger partial charge is 0.485 e. The minimum atomic E-state index is -0.315. The van der Waals surface area contributed by atoms with Crippen LogP contribution in [0.1, 0.15) is 34.1 Å². The predicted molar refractivity (Wildman–Crippen MR) is 83.5 cm³/mol. The molecule has 4 heteroatoms. The number of nitrogen functional groups attached to an aromatic ring is 1. The lowest BCUT2D eigenvalue weighted by atomic mass is 9.97. The van der Waals surface area contributed by atoms with E-state index in [1.807, 2.05) is 37.2 Å². The van der Waals surface area contributed by atoms with Gasteiger partial charge in [0.1, 0.15) is 17.5 Å². The van der Waals surface area contributed by atoms with Crippen molar-refractivity contribution < 1.29 is 9.47 Å². The maximum absolute atomic E-state index is 6.17. The Morgan fingerprint density at radius 3 is 2.40 bits per heavy atom. The SMILES string of the molecule is CN(C)c1ccc(N)c(OC2CC(C)(C)OC2(C)C)c1.